The molecule has 0 bridgehead atoms. The van der Waals surface area contributed by atoms with Crippen molar-refractivity contribution in [1.29, 1.82) is 0 Å². The van der Waals surface area contributed by atoms with Crippen LogP contribution in [-0.4, -0.2) is 13.7 Å². The van der Waals surface area contributed by atoms with E-state index in [0.29, 0.717) is 6.61 Å². The summed E-state index contributed by atoms with van der Waals surface area (Å²) in [6.45, 7) is 1.55. The molecule has 0 radical (unpaired) electrons. The molecule has 0 aromatic heterocycles. The average Bonchev–Trinajstić information content (AvgIpc) is 2.26. The van der Waals surface area contributed by atoms with Gasteiger partial charge in [-0.1, -0.05) is 12.1 Å². The van der Waals surface area contributed by atoms with Gasteiger partial charge in [-0.05, 0) is 31.2 Å². The first kappa shape index (κ1) is 11.6. The van der Waals surface area contributed by atoms with Gasteiger partial charge < -0.3 is 10.1 Å². The van der Waals surface area contributed by atoms with Gasteiger partial charge in [0, 0.05) is 13.0 Å². The zero-order valence-corrected chi connectivity index (χ0v) is 9.12. The predicted molar refractivity (Wildman–Crippen MR) is 62.8 cm³/mol. The maximum absolute atomic E-state index is 5.57. The van der Waals surface area contributed by atoms with Crippen molar-refractivity contribution in [1.82, 2.24) is 5.32 Å². The standard InChI is InChI=1S/C13H17NO/c1-3-4-5-9-15-13-8-6-7-12(10-13)11-14-2/h1,6-8,10,14H,4-5,9,11H2,2H3. The van der Waals surface area contributed by atoms with Gasteiger partial charge in [-0.2, -0.15) is 0 Å². The summed E-state index contributed by atoms with van der Waals surface area (Å²) in [7, 11) is 1.93. The number of nitrogens with one attached hydrogen (secondary N) is 1. The summed E-state index contributed by atoms with van der Waals surface area (Å²) in [5, 5.41) is 3.11. The number of rotatable bonds is 6. The Morgan fingerprint density at radius 2 is 2.33 bits per heavy atom. The Morgan fingerprint density at radius 3 is 3.07 bits per heavy atom. The van der Waals surface area contributed by atoms with Gasteiger partial charge in [0.1, 0.15) is 5.75 Å². The van der Waals surface area contributed by atoms with Gasteiger partial charge in [0.25, 0.3) is 0 Å². The lowest BCUT2D eigenvalue weighted by molar-refractivity contribution is 0.312. The van der Waals surface area contributed by atoms with Crippen molar-refractivity contribution in [3.8, 4) is 18.1 Å². The van der Waals surface area contributed by atoms with Gasteiger partial charge >= 0.3 is 0 Å². The van der Waals surface area contributed by atoms with E-state index in [0.717, 1.165) is 25.1 Å². The third kappa shape index (κ3) is 4.53. The molecule has 0 saturated carbocycles. The SMILES string of the molecule is C#CCCCOc1cccc(CNC)c1. The zero-order valence-electron chi connectivity index (χ0n) is 9.12. The molecule has 0 spiro atoms. The second-order valence-electron chi connectivity index (χ2n) is 3.33. The lowest BCUT2D eigenvalue weighted by atomic mass is 10.2. The highest BCUT2D eigenvalue weighted by molar-refractivity contribution is 5.28. The molecular weight excluding hydrogens is 186 g/mol. The summed E-state index contributed by atoms with van der Waals surface area (Å²) in [6, 6.07) is 8.09. The van der Waals surface area contributed by atoms with Crippen molar-refractivity contribution in [3.05, 3.63) is 29.8 Å². The van der Waals surface area contributed by atoms with Crippen LogP contribution in [-0.2, 0) is 6.54 Å². The third-order valence-corrected chi connectivity index (χ3v) is 2.01. The number of hydrogen-bond acceptors (Lipinski definition) is 2. The van der Waals surface area contributed by atoms with Crippen LogP contribution in [0.15, 0.2) is 24.3 Å². The Morgan fingerprint density at radius 1 is 1.47 bits per heavy atom. The molecule has 2 nitrogen and oxygen atoms in total. The summed E-state index contributed by atoms with van der Waals surface area (Å²) in [6.07, 6.45) is 6.84. The van der Waals surface area contributed by atoms with Crippen molar-refractivity contribution in [2.45, 2.75) is 19.4 Å². The van der Waals surface area contributed by atoms with Crippen LogP contribution in [0.5, 0.6) is 5.75 Å². The Hall–Kier alpha value is -1.46. The van der Waals surface area contributed by atoms with Crippen LogP contribution in [0.4, 0.5) is 0 Å². The Labute approximate surface area is 91.6 Å². The normalized spacial score (nSPS) is 9.60. The van der Waals surface area contributed by atoms with Crippen LogP contribution < -0.4 is 10.1 Å². The van der Waals surface area contributed by atoms with Crippen LogP contribution in [0.25, 0.3) is 0 Å². The number of ether oxygens (including phenoxy) is 1. The topological polar surface area (TPSA) is 21.3 Å². The average molecular weight is 203 g/mol. The molecule has 0 heterocycles. The van der Waals surface area contributed by atoms with E-state index in [1.54, 1.807) is 0 Å². The molecule has 0 fully saturated rings. The fourth-order valence-corrected chi connectivity index (χ4v) is 1.31. The Kier molecular flexibility index (Phi) is 5.35. The molecule has 0 atom stereocenters. The van der Waals surface area contributed by atoms with Gasteiger partial charge in [-0.25, -0.2) is 0 Å². The first-order chi connectivity index (χ1) is 7.36. The lowest BCUT2D eigenvalue weighted by Crippen LogP contribution is -2.05. The molecule has 1 aromatic carbocycles. The molecule has 1 rings (SSSR count). The van der Waals surface area contributed by atoms with Crippen LogP contribution in [0, 0.1) is 12.3 Å². The van der Waals surface area contributed by atoms with Crippen molar-refractivity contribution in [3.63, 3.8) is 0 Å². The van der Waals surface area contributed by atoms with E-state index in [-0.39, 0.29) is 0 Å². The van der Waals surface area contributed by atoms with Crippen molar-refractivity contribution < 1.29 is 4.74 Å². The highest BCUT2D eigenvalue weighted by atomic mass is 16.5. The van der Waals surface area contributed by atoms with E-state index < -0.39 is 0 Å². The molecule has 0 aliphatic heterocycles. The van der Waals surface area contributed by atoms with Crippen LogP contribution >= 0.6 is 0 Å². The van der Waals surface area contributed by atoms with Crippen molar-refractivity contribution >= 4 is 0 Å². The maximum Gasteiger partial charge on any atom is 0.119 e. The van der Waals surface area contributed by atoms with Crippen molar-refractivity contribution in [2.75, 3.05) is 13.7 Å². The van der Waals surface area contributed by atoms with Gasteiger partial charge in [0.05, 0.1) is 6.61 Å². The molecule has 1 aromatic rings. The smallest absolute Gasteiger partial charge is 0.119 e. The predicted octanol–water partition coefficient (Wildman–Crippen LogP) is 2.20. The minimum absolute atomic E-state index is 0.688. The van der Waals surface area contributed by atoms with Gasteiger partial charge in [0.2, 0.25) is 0 Å². The quantitative estimate of drug-likeness (QED) is 0.565. The summed E-state index contributed by atoms with van der Waals surface area (Å²) >= 11 is 0. The Balaban J connectivity index is 2.40. The lowest BCUT2D eigenvalue weighted by Gasteiger charge is -2.06. The van der Waals surface area contributed by atoms with Gasteiger partial charge in [-0.3, -0.25) is 0 Å². The summed E-state index contributed by atoms with van der Waals surface area (Å²) in [5.74, 6) is 3.51. The summed E-state index contributed by atoms with van der Waals surface area (Å²) in [5.41, 5.74) is 1.23. The highest BCUT2D eigenvalue weighted by Gasteiger charge is 1.95. The van der Waals surface area contributed by atoms with E-state index >= 15 is 0 Å². The molecule has 1 N–H and O–H groups in total. The van der Waals surface area contributed by atoms with E-state index in [1.807, 2.05) is 25.2 Å². The largest absolute Gasteiger partial charge is 0.494 e. The molecule has 80 valence electrons. The fraction of sp³-hybridized carbons (Fsp3) is 0.385. The summed E-state index contributed by atoms with van der Waals surface area (Å²) in [4.78, 5) is 0. The molecule has 0 aliphatic rings. The first-order valence-corrected chi connectivity index (χ1v) is 5.16. The van der Waals surface area contributed by atoms with Crippen LogP contribution in [0.3, 0.4) is 0 Å². The fourth-order valence-electron chi connectivity index (χ4n) is 1.31. The van der Waals surface area contributed by atoms with E-state index in [2.05, 4.69) is 17.3 Å². The van der Waals surface area contributed by atoms with E-state index in [4.69, 9.17) is 11.2 Å². The zero-order chi connectivity index (χ0) is 10.9. The first-order valence-electron chi connectivity index (χ1n) is 5.16. The molecule has 0 aliphatic carbocycles. The van der Waals surface area contributed by atoms with Crippen LogP contribution in [0.1, 0.15) is 18.4 Å². The second kappa shape index (κ2) is 6.92. The summed E-state index contributed by atoms with van der Waals surface area (Å²) < 4.78 is 5.57. The van der Waals surface area contributed by atoms with E-state index in [9.17, 15) is 0 Å². The Bertz CT molecular complexity index is 328. The van der Waals surface area contributed by atoms with Gasteiger partial charge in [0.15, 0.2) is 0 Å². The monoisotopic (exact) mass is 203 g/mol. The second-order valence-corrected chi connectivity index (χ2v) is 3.33. The molecule has 0 unspecified atom stereocenters. The molecule has 2 heteroatoms. The minimum Gasteiger partial charge on any atom is -0.494 e. The third-order valence-electron chi connectivity index (χ3n) is 2.01. The minimum atomic E-state index is 0.688. The molecule has 0 amide bonds. The van der Waals surface area contributed by atoms with E-state index in [1.165, 1.54) is 5.56 Å². The van der Waals surface area contributed by atoms with Crippen LogP contribution in [0.2, 0.25) is 0 Å². The number of unbranched alkanes of at least 4 members (excludes halogenated alkanes) is 1. The number of terminal acetylenes is 1. The van der Waals surface area contributed by atoms with Gasteiger partial charge in [-0.15, -0.1) is 12.3 Å². The molecular formula is C13H17NO. The highest BCUT2D eigenvalue weighted by Crippen LogP contribution is 2.13. The van der Waals surface area contributed by atoms with Crippen molar-refractivity contribution in [2.24, 2.45) is 0 Å². The number of benzene rings is 1. The molecule has 0 saturated heterocycles. The number of hydrogen-bond donors (Lipinski definition) is 1. The maximum atomic E-state index is 5.57. The molecule has 15 heavy (non-hydrogen) atoms.